The molecule has 2 aliphatic heterocycles. The van der Waals surface area contributed by atoms with E-state index in [-0.39, 0.29) is 5.91 Å². The molecule has 1 spiro atoms. The molecule has 2 aliphatic rings. The third kappa shape index (κ3) is 1.73. The van der Waals surface area contributed by atoms with Gasteiger partial charge in [-0.15, -0.1) is 0 Å². The number of carbonyl (C=O) groups is 1. The Hall–Kier alpha value is -2.75. The molecule has 4 rings (SSSR count). The zero-order valence-corrected chi connectivity index (χ0v) is 12.4. The van der Waals surface area contributed by atoms with Crippen LogP contribution in [0.4, 0.5) is 0 Å². The minimum Gasteiger partial charge on any atom is -0.431 e. The average Bonchev–Trinajstić information content (AvgIpc) is 2.53. The SMILES string of the molecule is Cc1ccc2c(c1)C=C[C@@]1(O2)Oc2ccccc2C(=O)N1C. The highest BCUT2D eigenvalue weighted by atomic mass is 16.7. The van der Waals surface area contributed by atoms with Gasteiger partial charge < -0.3 is 9.47 Å². The van der Waals surface area contributed by atoms with E-state index in [0.29, 0.717) is 17.1 Å². The van der Waals surface area contributed by atoms with E-state index >= 15 is 0 Å². The summed E-state index contributed by atoms with van der Waals surface area (Å²) in [6.45, 7) is 2.03. The van der Waals surface area contributed by atoms with Crippen LogP contribution in [0.2, 0.25) is 0 Å². The average molecular weight is 293 g/mol. The number of benzene rings is 2. The smallest absolute Gasteiger partial charge is 0.362 e. The van der Waals surface area contributed by atoms with Gasteiger partial charge in [0.15, 0.2) is 0 Å². The van der Waals surface area contributed by atoms with Gasteiger partial charge >= 0.3 is 5.91 Å². The van der Waals surface area contributed by atoms with E-state index in [1.165, 1.54) is 4.90 Å². The highest BCUT2D eigenvalue weighted by Crippen LogP contribution is 2.39. The molecule has 1 amide bonds. The second-order valence-electron chi connectivity index (χ2n) is 5.57. The summed E-state index contributed by atoms with van der Waals surface area (Å²) in [6.07, 6.45) is 3.71. The molecule has 0 radical (unpaired) electrons. The zero-order valence-electron chi connectivity index (χ0n) is 12.4. The van der Waals surface area contributed by atoms with Crippen LogP contribution in [0.15, 0.2) is 48.5 Å². The Balaban J connectivity index is 1.81. The summed E-state index contributed by atoms with van der Waals surface area (Å²) in [7, 11) is 1.68. The van der Waals surface area contributed by atoms with Gasteiger partial charge in [0.05, 0.1) is 5.56 Å². The van der Waals surface area contributed by atoms with Crippen molar-refractivity contribution in [2.75, 3.05) is 7.05 Å². The van der Waals surface area contributed by atoms with Crippen molar-refractivity contribution < 1.29 is 14.3 Å². The number of hydrogen-bond acceptors (Lipinski definition) is 3. The summed E-state index contributed by atoms with van der Waals surface area (Å²) in [5, 5.41) is 0. The Morgan fingerprint density at radius 2 is 1.82 bits per heavy atom. The van der Waals surface area contributed by atoms with E-state index in [0.717, 1.165) is 11.1 Å². The predicted molar refractivity (Wildman–Crippen MR) is 82.7 cm³/mol. The number of ether oxygens (including phenoxy) is 2. The number of aryl methyl sites for hydroxylation is 1. The maximum atomic E-state index is 12.6. The molecule has 110 valence electrons. The topological polar surface area (TPSA) is 38.8 Å². The van der Waals surface area contributed by atoms with Crippen molar-refractivity contribution in [1.82, 2.24) is 4.90 Å². The number of carbonyl (C=O) groups excluding carboxylic acids is 1. The molecule has 0 saturated carbocycles. The van der Waals surface area contributed by atoms with Crippen molar-refractivity contribution in [3.63, 3.8) is 0 Å². The Kier molecular flexibility index (Phi) is 2.57. The number of para-hydroxylation sites is 1. The second-order valence-corrected chi connectivity index (χ2v) is 5.57. The molecule has 0 fully saturated rings. The molecule has 1 atom stereocenters. The lowest BCUT2D eigenvalue weighted by Crippen LogP contribution is -2.60. The fourth-order valence-electron chi connectivity index (χ4n) is 2.79. The first kappa shape index (κ1) is 13.0. The third-order valence-electron chi connectivity index (χ3n) is 4.04. The Morgan fingerprint density at radius 3 is 2.68 bits per heavy atom. The van der Waals surface area contributed by atoms with Gasteiger partial charge in [-0.25, -0.2) is 0 Å². The monoisotopic (exact) mass is 293 g/mol. The van der Waals surface area contributed by atoms with Crippen LogP contribution in [0, 0.1) is 6.92 Å². The highest BCUT2D eigenvalue weighted by Gasteiger charge is 2.47. The molecular formula is C18H15NO3. The van der Waals surface area contributed by atoms with Gasteiger partial charge in [-0.05, 0) is 37.3 Å². The van der Waals surface area contributed by atoms with Crippen molar-refractivity contribution in [3.05, 3.63) is 65.2 Å². The fraction of sp³-hybridized carbons (Fsp3) is 0.167. The molecule has 0 unspecified atom stereocenters. The van der Waals surface area contributed by atoms with Gasteiger partial charge in [0, 0.05) is 18.7 Å². The molecular weight excluding hydrogens is 278 g/mol. The molecule has 2 aromatic carbocycles. The lowest BCUT2D eigenvalue weighted by atomic mass is 10.1. The molecule has 0 saturated heterocycles. The van der Waals surface area contributed by atoms with E-state index in [4.69, 9.17) is 9.47 Å². The minimum absolute atomic E-state index is 0.123. The van der Waals surface area contributed by atoms with E-state index in [1.807, 2.05) is 43.3 Å². The zero-order chi connectivity index (χ0) is 15.3. The van der Waals surface area contributed by atoms with Gasteiger partial charge in [-0.2, -0.15) is 0 Å². The lowest BCUT2D eigenvalue weighted by molar-refractivity contribution is -0.166. The molecule has 2 aromatic rings. The van der Waals surface area contributed by atoms with E-state index < -0.39 is 5.91 Å². The summed E-state index contributed by atoms with van der Waals surface area (Å²) >= 11 is 0. The standard InChI is InChI=1S/C18H15NO3/c1-12-7-8-15-13(11-12)9-10-18(21-15)19(2)17(20)14-5-3-4-6-16(14)22-18/h3-11H,1-2H3/t18-/m1/s1. The van der Waals surface area contributed by atoms with Crippen LogP contribution in [-0.4, -0.2) is 23.8 Å². The van der Waals surface area contributed by atoms with Gasteiger partial charge in [0.2, 0.25) is 0 Å². The van der Waals surface area contributed by atoms with Gasteiger partial charge in [-0.3, -0.25) is 9.69 Å². The molecule has 0 N–H and O–H groups in total. The Labute approximate surface area is 128 Å². The quantitative estimate of drug-likeness (QED) is 0.748. The first-order valence-electron chi connectivity index (χ1n) is 7.14. The largest absolute Gasteiger partial charge is 0.431 e. The molecule has 22 heavy (non-hydrogen) atoms. The van der Waals surface area contributed by atoms with Gasteiger partial charge in [0.1, 0.15) is 11.5 Å². The van der Waals surface area contributed by atoms with Crippen LogP contribution >= 0.6 is 0 Å². The maximum Gasteiger partial charge on any atom is 0.362 e. The van der Waals surface area contributed by atoms with Crippen molar-refractivity contribution in [3.8, 4) is 11.5 Å². The normalized spacial score (nSPS) is 21.9. The van der Waals surface area contributed by atoms with Crippen molar-refractivity contribution in [1.29, 1.82) is 0 Å². The van der Waals surface area contributed by atoms with Crippen LogP contribution in [0.25, 0.3) is 6.08 Å². The minimum atomic E-state index is -1.23. The molecule has 2 heterocycles. The lowest BCUT2D eigenvalue weighted by Gasteiger charge is -2.43. The number of amides is 1. The molecule has 0 bridgehead atoms. The number of hydrogen-bond donors (Lipinski definition) is 0. The predicted octanol–water partition coefficient (Wildman–Crippen LogP) is 3.22. The third-order valence-corrected chi connectivity index (χ3v) is 4.04. The van der Waals surface area contributed by atoms with Crippen molar-refractivity contribution in [2.45, 2.75) is 12.8 Å². The molecule has 4 heteroatoms. The van der Waals surface area contributed by atoms with Crippen LogP contribution in [-0.2, 0) is 0 Å². The molecule has 0 aromatic heterocycles. The van der Waals surface area contributed by atoms with Gasteiger partial charge in [-0.1, -0.05) is 23.8 Å². The van der Waals surface area contributed by atoms with E-state index in [2.05, 4.69) is 0 Å². The fourth-order valence-corrected chi connectivity index (χ4v) is 2.79. The summed E-state index contributed by atoms with van der Waals surface area (Å²) in [5.74, 6) is -0.117. The summed E-state index contributed by atoms with van der Waals surface area (Å²) < 4.78 is 12.1. The Morgan fingerprint density at radius 1 is 1.05 bits per heavy atom. The number of rotatable bonds is 0. The van der Waals surface area contributed by atoms with Crippen LogP contribution in [0.3, 0.4) is 0 Å². The Bertz CT molecular complexity index is 812. The van der Waals surface area contributed by atoms with E-state index in [9.17, 15) is 4.79 Å². The summed E-state index contributed by atoms with van der Waals surface area (Å²) in [5.41, 5.74) is 2.68. The van der Waals surface area contributed by atoms with Crippen LogP contribution in [0.1, 0.15) is 21.5 Å². The number of fused-ring (bicyclic) bond motifs is 2. The first-order valence-corrected chi connectivity index (χ1v) is 7.14. The first-order chi connectivity index (χ1) is 10.6. The maximum absolute atomic E-state index is 12.6. The van der Waals surface area contributed by atoms with Crippen molar-refractivity contribution >= 4 is 12.0 Å². The second kappa shape index (κ2) is 4.37. The van der Waals surface area contributed by atoms with Crippen LogP contribution in [0.5, 0.6) is 11.5 Å². The molecule has 4 nitrogen and oxygen atoms in total. The summed E-state index contributed by atoms with van der Waals surface area (Å²) in [6, 6.07) is 13.1. The van der Waals surface area contributed by atoms with Crippen LogP contribution < -0.4 is 9.47 Å². The molecule has 0 aliphatic carbocycles. The highest BCUT2D eigenvalue weighted by molar-refractivity contribution is 5.98. The number of nitrogens with zero attached hydrogens (tertiary/aromatic N) is 1. The van der Waals surface area contributed by atoms with E-state index in [1.54, 1.807) is 25.3 Å². The van der Waals surface area contributed by atoms with Gasteiger partial charge in [0.25, 0.3) is 5.91 Å². The number of likely N-dealkylation sites (N-methyl/N-ethyl adjacent to an activating group) is 1. The summed E-state index contributed by atoms with van der Waals surface area (Å²) in [4.78, 5) is 14.1. The van der Waals surface area contributed by atoms with Crippen molar-refractivity contribution in [2.24, 2.45) is 0 Å².